The molecule has 3 saturated carbocycles. The fourth-order valence-electron chi connectivity index (χ4n) is 6.39. The molecule has 3 fully saturated rings. The average Bonchev–Trinajstić information content (AvgIpc) is 2.83. The Bertz CT molecular complexity index is 542. The Labute approximate surface area is 127 Å². The molecule has 0 saturated heterocycles. The van der Waals surface area contributed by atoms with Gasteiger partial charge in [-0.3, -0.25) is 4.79 Å². The third kappa shape index (κ3) is 1.86. The zero-order valence-corrected chi connectivity index (χ0v) is 13.0. The number of fused-ring (bicyclic) bond motifs is 5. The summed E-state index contributed by atoms with van der Waals surface area (Å²) in [4.78, 5) is 11.7. The standard InChI is InChI=1S/C19H25NO/c1-19-9-8-16-15-6-4-14(21)10-12(15)2-5-17(16)18(19)7-3-13(19)11-20/h10,13,15-18H,2-9H2,1H3/t13-,15+,16-,17-,18+,19-/m1/s1. The number of hydrogen-bond donors (Lipinski definition) is 0. The van der Waals surface area contributed by atoms with Crippen LogP contribution in [0, 0.1) is 46.3 Å². The van der Waals surface area contributed by atoms with Crippen molar-refractivity contribution in [3.63, 3.8) is 0 Å². The summed E-state index contributed by atoms with van der Waals surface area (Å²) in [6, 6.07) is 2.61. The molecule has 4 aliphatic carbocycles. The van der Waals surface area contributed by atoms with Crippen LogP contribution in [0.5, 0.6) is 0 Å². The van der Waals surface area contributed by atoms with Crippen LogP contribution in [0.25, 0.3) is 0 Å². The molecule has 0 unspecified atom stereocenters. The lowest BCUT2D eigenvalue weighted by molar-refractivity contribution is -0.116. The summed E-state index contributed by atoms with van der Waals surface area (Å²) in [5, 5.41) is 9.49. The fraction of sp³-hybridized carbons (Fsp3) is 0.789. The van der Waals surface area contributed by atoms with Gasteiger partial charge < -0.3 is 0 Å². The van der Waals surface area contributed by atoms with Crippen molar-refractivity contribution >= 4 is 5.78 Å². The highest BCUT2D eigenvalue weighted by Gasteiger charge is 2.56. The molecule has 0 aromatic rings. The molecular weight excluding hydrogens is 258 g/mol. The summed E-state index contributed by atoms with van der Waals surface area (Å²) >= 11 is 0. The van der Waals surface area contributed by atoms with Gasteiger partial charge >= 0.3 is 0 Å². The van der Waals surface area contributed by atoms with Crippen LogP contribution in [0.2, 0.25) is 0 Å². The molecule has 0 heterocycles. The molecule has 0 amide bonds. The normalized spacial score (nSPS) is 48.7. The maximum atomic E-state index is 11.7. The van der Waals surface area contributed by atoms with Crippen LogP contribution >= 0.6 is 0 Å². The van der Waals surface area contributed by atoms with Gasteiger partial charge in [-0.25, -0.2) is 0 Å². The van der Waals surface area contributed by atoms with Gasteiger partial charge in [0.05, 0.1) is 12.0 Å². The van der Waals surface area contributed by atoms with Crippen molar-refractivity contribution in [2.24, 2.45) is 35.0 Å². The van der Waals surface area contributed by atoms with Crippen molar-refractivity contribution in [2.45, 2.75) is 58.3 Å². The van der Waals surface area contributed by atoms with Crippen LogP contribution in [0.3, 0.4) is 0 Å². The van der Waals surface area contributed by atoms with Crippen LogP contribution in [0.4, 0.5) is 0 Å². The highest BCUT2D eigenvalue weighted by atomic mass is 16.1. The minimum atomic E-state index is 0.279. The first-order valence-corrected chi connectivity index (χ1v) is 8.76. The Morgan fingerprint density at radius 2 is 2.00 bits per heavy atom. The number of hydrogen-bond acceptors (Lipinski definition) is 2. The quantitative estimate of drug-likeness (QED) is 0.666. The van der Waals surface area contributed by atoms with E-state index in [2.05, 4.69) is 13.0 Å². The van der Waals surface area contributed by atoms with E-state index in [1.54, 1.807) is 0 Å². The first-order chi connectivity index (χ1) is 10.1. The molecule has 21 heavy (non-hydrogen) atoms. The Hall–Kier alpha value is -1.10. The molecule has 0 aromatic carbocycles. The highest BCUT2D eigenvalue weighted by molar-refractivity contribution is 5.91. The number of carbonyl (C=O) groups excluding carboxylic acids is 1. The van der Waals surface area contributed by atoms with E-state index in [1.807, 2.05) is 6.08 Å². The Balaban J connectivity index is 1.63. The predicted molar refractivity (Wildman–Crippen MR) is 81.2 cm³/mol. The smallest absolute Gasteiger partial charge is 0.155 e. The fourth-order valence-corrected chi connectivity index (χ4v) is 6.39. The molecular formula is C19H25NO. The summed E-state index contributed by atoms with van der Waals surface area (Å²) in [6.07, 6.45) is 11.1. The van der Waals surface area contributed by atoms with Crippen LogP contribution in [0.1, 0.15) is 58.3 Å². The number of carbonyl (C=O) groups is 1. The van der Waals surface area contributed by atoms with Gasteiger partial charge in [0, 0.05) is 6.42 Å². The largest absolute Gasteiger partial charge is 0.295 e. The second-order valence-electron chi connectivity index (χ2n) is 8.11. The van der Waals surface area contributed by atoms with Gasteiger partial charge in [-0.2, -0.15) is 5.26 Å². The van der Waals surface area contributed by atoms with Gasteiger partial charge in [0.15, 0.2) is 5.78 Å². The number of ketones is 1. The summed E-state index contributed by atoms with van der Waals surface area (Å²) in [6.45, 7) is 2.39. The van der Waals surface area contributed by atoms with Crippen LogP contribution in [0.15, 0.2) is 11.6 Å². The maximum Gasteiger partial charge on any atom is 0.155 e. The van der Waals surface area contributed by atoms with Gasteiger partial charge in [0.25, 0.3) is 0 Å². The lowest BCUT2D eigenvalue weighted by Crippen LogP contribution is -2.46. The Kier molecular flexibility index (Phi) is 3.03. The van der Waals surface area contributed by atoms with Crippen LogP contribution in [-0.2, 0) is 4.79 Å². The molecule has 0 aromatic heterocycles. The molecule has 112 valence electrons. The van der Waals surface area contributed by atoms with Crippen molar-refractivity contribution < 1.29 is 4.79 Å². The van der Waals surface area contributed by atoms with Crippen LogP contribution in [-0.4, -0.2) is 5.78 Å². The number of nitriles is 1. The summed E-state index contributed by atoms with van der Waals surface area (Å²) in [5.74, 6) is 3.71. The van der Waals surface area contributed by atoms with E-state index in [-0.39, 0.29) is 11.3 Å². The highest BCUT2D eigenvalue weighted by Crippen LogP contribution is 2.63. The van der Waals surface area contributed by atoms with Crippen molar-refractivity contribution in [3.8, 4) is 6.07 Å². The van der Waals surface area contributed by atoms with Crippen molar-refractivity contribution in [3.05, 3.63) is 11.6 Å². The third-order valence-corrected chi connectivity index (χ3v) is 7.46. The van der Waals surface area contributed by atoms with Crippen molar-refractivity contribution in [1.29, 1.82) is 5.26 Å². The lowest BCUT2D eigenvalue weighted by Gasteiger charge is -2.53. The number of allylic oxidation sites excluding steroid dienone is 1. The van der Waals surface area contributed by atoms with Gasteiger partial charge in [0.1, 0.15) is 0 Å². The zero-order chi connectivity index (χ0) is 14.6. The van der Waals surface area contributed by atoms with E-state index in [1.165, 1.54) is 31.3 Å². The van der Waals surface area contributed by atoms with Crippen molar-refractivity contribution in [2.75, 3.05) is 0 Å². The minimum absolute atomic E-state index is 0.279. The molecule has 0 bridgehead atoms. The number of rotatable bonds is 0. The Morgan fingerprint density at radius 1 is 1.14 bits per heavy atom. The molecule has 4 aliphatic rings. The van der Waals surface area contributed by atoms with Gasteiger partial charge in [0.2, 0.25) is 0 Å². The SMILES string of the molecule is C[C@]12CC[C@H]3[C@@H](CCC4=CC(=O)CC[C@@H]43)[C@@H]1CC[C@@H]2C#N. The molecule has 2 nitrogen and oxygen atoms in total. The molecule has 0 radical (unpaired) electrons. The second-order valence-corrected chi connectivity index (χ2v) is 8.11. The maximum absolute atomic E-state index is 11.7. The van der Waals surface area contributed by atoms with E-state index in [4.69, 9.17) is 0 Å². The van der Waals surface area contributed by atoms with Crippen LogP contribution < -0.4 is 0 Å². The topological polar surface area (TPSA) is 40.9 Å². The molecule has 0 spiro atoms. The van der Waals surface area contributed by atoms with Gasteiger partial charge in [-0.15, -0.1) is 0 Å². The minimum Gasteiger partial charge on any atom is -0.295 e. The summed E-state index contributed by atoms with van der Waals surface area (Å²) in [7, 11) is 0. The molecule has 0 aliphatic heterocycles. The summed E-state index contributed by atoms with van der Waals surface area (Å²) < 4.78 is 0. The van der Waals surface area contributed by atoms with E-state index in [0.717, 1.165) is 43.4 Å². The molecule has 0 N–H and O–H groups in total. The first-order valence-electron chi connectivity index (χ1n) is 8.76. The lowest BCUT2D eigenvalue weighted by atomic mass is 9.51. The molecule has 2 heteroatoms. The molecule has 4 rings (SSSR count). The van der Waals surface area contributed by atoms with E-state index < -0.39 is 0 Å². The molecule has 6 atom stereocenters. The number of nitrogens with zero attached hydrogens (tertiary/aromatic N) is 1. The first kappa shape index (κ1) is 13.6. The predicted octanol–water partition coefficient (Wildman–Crippen LogP) is 4.27. The van der Waals surface area contributed by atoms with E-state index in [9.17, 15) is 10.1 Å². The average molecular weight is 283 g/mol. The van der Waals surface area contributed by atoms with E-state index >= 15 is 0 Å². The van der Waals surface area contributed by atoms with Gasteiger partial charge in [-0.1, -0.05) is 12.5 Å². The second kappa shape index (κ2) is 4.70. The Morgan fingerprint density at radius 3 is 2.81 bits per heavy atom. The third-order valence-electron chi connectivity index (χ3n) is 7.46. The summed E-state index contributed by atoms with van der Waals surface area (Å²) in [5.41, 5.74) is 1.74. The monoisotopic (exact) mass is 283 g/mol. The van der Waals surface area contributed by atoms with Gasteiger partial charge in [-0.05, 0) is 80.1 Å². The zero-order valence-electron chi connectivity index (χ0n) is 13.0. The van der Waals surface area contributed by atoms with Crippen molar-refractivity contribution in [1.82, 2.24) is 0 Å². The van der Waals surface area contributed by atoms with E-state index in [0.29, 0.717) is 11.7 Å².